The van der Waals surface area contributed by atoms with Crippen molar-refractivity contribution in [1.29, 1.82) is 0 Å². The van der Waals surface area contributed by atoms with E-state index in [-0.39, 0.29) is 0 Å². The Morgan fingerprint density at radius 3 is 2.59 bits per heavy atom. The summed E-state index contributed by atoms with van der Waals surface area (Å²) in [5.74, 6) is 0.369. The van der Waals surface area contributed by atoms with Gasteiger partial charge < -0.3 is 14.6 Å². The van der Waals surface area contributed by atoms with Gasteiger partial charge in [0, 0.05) is 25.6 Å². The molecule has 0 aromatic heterocycles. The van der Waals surface area contributed by atoms with Crippen molar-refractivity contribution in [2.45, 2.75) is 38.4 Å². The smallest absolute Gasteiger partial charge is 0.157 e. The van der Waals surface area contributed by atoms with E-state index in [0.29, 0.717) is 12.5 Å². The van der Waals surface area contributed by atoms with E-state index in [9.17, 15) is 5.11 Å². The lowest BCUT2D eigenvalue weighted by molar-refractivity contribution is -0.144. The van der Waals surface area contributed by atoms with Crippen LogP contribution in [0.4, 0.5) is 0 Å². The van der Waals surface area contributed by atoms with Gasteiger partial charge in [-0.25, -0.2) is 0 Å². The molecule has 4 nitrogen and oxygen atoms in total. The van der Waals surface area contributed by atoms with Crippen LogP contribution in [-0.4, -0.2) is 55.8 Å². The van der Waals surface area contributed by atoms with Gasteiger partial charge in [-0.15, -0.1) is 0 Å². The van der Waals surface area contributed by atoms with Crippen LogP contribution in [0, 0.1) is 5.92 Å². The van der Waals surface area contributed by atoms with E-state index in [1.54, 1.807) is 0 Å². The summed E-state index contributed by atoms with van der Waals surface area (Å²) in [6.45, 7) is 5.17. The molecule has 0 aromatic rings. The van der Waals surface area contributed by atoms with Crippen molar-refractivity contribution >= 4 is 0 Å². The Kier molecular flexibility index (Phi) is 5.71. The summed E-state index contributed by atoms with van der Waals surface area (Å²) in [7, 11) is 0. The summed E-state index contributed by atoms with van der Waals surface area (Å²) >= 11 is 0. The zero-order valence-corrected chi connectivity index (χ0v) is 10.6. The van der Waals surface area contributed by atoms with Crippen LogP contribution in [0.15, 0.2) is 0 Å². The minimum absolute atomic E-state index is 0.369. The summed E-state index contributed by atoms with van der Waals surface area (Å²) in [6.07, 6.45) is 5.51. The van der Waals surface area contributed by atoms with Crippen molar-refractivity contribution in [3.63, 3.8) is 0 Å². The van der Waals surface area contributed by atoms with Crippen molar-refractivity contribution < 1.29 is 14.6 Å². The highest BCUT2D eigenvalue weighted by Crippen LogP contribution is 2.26. The molecule has 1 N–H and O–H groups in total. The Hall–Kier alpha value is -0.160. The van der Waals surface area contributed by atoms with E-state index in [1.165, 1.54) is 19.3 Å². The number of aliphatic hydroxyl groups excluding tert-OH is 1. The van der Waals surface area contributed by atoms with Crippen molar-refractivity contribution in [3.8, 4) is 0 Å². The highest BCUT2D eigenvalue weighted by molar-refractivity contribution is 4.68. The number of hydrogen-bond donors (Lipinski definition) is 1. The molecule has 1 saturated heterocycles. The van der Waals surface area contributed by atoms with Crippen LogP contribution < -0.4 is 0 Å². The van der Waals surface area contributed by atoms with Gasteiger partial charge >= 0.3 is 0 Å². The van der Waals surface area contributed by atoms with Crippen molar-refractivity contribution in [1.82, 2.24) is 4.90 Å². The molecule has 1 saturated carbocycles. The molecular formula is C13H25NO3. The van der Waals surface area contributed by atoms with Crippen molar-refractivity contribution in [3.05, 3.63) is 0 Å². The van der Waals surface area contributed by atoms with Gasteiger partial charge in [-0.1, -0.05) is 19.3 Å². The number of ether oxygens (including phenoxy) is 2. The minimum atomic E-state index is -0.545. The van der Waals surface area contributed by atoms with Crippen molar-refractivity contribution in [2.24, 2.45) is 5.92 Å². The SMILES string of the molecule is OC(OCCN1CCOCC1)C1CCCCC1. The standard InChI is InChI=1S/C13H25NO3/c15-13(12-4-2-1-3-5-12)17-11-8-14-6-9-16-10-7-14/h12-13,15H,1-11H2. The molecule has 2 rings (SSSR count). The van der Waals surface area contributed by atoms with Crippen molar-refractivity contribution in [2.75, 3.05) is 39.5 Å². The first-order chi connectivity index (χ1) is 8.36. The lowest BCUT2D eigenvalue weighted by Crippen LogP contribution is -2.39. The number of aliphatic hydroxyl groups is 1. The third kappa shape index (κ3) is 4.54. The average Bonchev–Trinajstić information content (AvgIpc) is 2.41. The monoisotopic (exact) mass is 243 g/mol. The van der Waals surface area contributed by atoms with E-state index in [4.69, 9.17) is 9.47 Å². The van der Waals surface area contributed by atoms with Crippen LogP contribution in [0.1, 0.15) is 32.1 Å². The normalized spacial score (nSPS) is 25.9. The van der Waals surface area contributed by atoms with E-state index >= 15 is 0 Å². The van der Waals surface area contributed by atoms with Gasteiger partial charge in [-0.05, 0) is 12.8 Å². The van der Waals surface area contributed by atoms with E-state index in [0.717, 1.165) is 45.7 Å². The predicted octanol–water partition coefficient (Wildman–Crippen LogP) is 1.23. The molecule has 2 fully saturated rings. The zero-order chi connectivity index (χ0) is 11.9. The maximum absolute atomic E-state index is 9.94. The molecule has 0 amide bonds. The molecule has 1 heterocycles. The highest BCUT2D eigenvalue weighted by atomic mass is 16.6. The molecule has 1 aliphatic carbocycles. The Morgan fingerprint density at radius 2 is 1.88 bits per heavy atom. The fourth-order valence-electron chi connectivity index (χ4n) is 2.68. The van der Waals surface area contributed by atoms with Crippen LogP contribution in [0.3, 0.4) is 0 Å². The highest BCUT2D eigenvalue weighted by Gasteiger charge is 2.22. The number of hydrogen-bond acceptors (Lipinski definition) is 4. The number of nitrogens with zero attached hydrogens (tertiary/aromatic N) is 1. The Bertz CT molecular complexity index is 201. The molecule has 0 radical (unpaired) electrons. The molecule has 2 aliphatic rings. The Labute approximate surface area is 104 Å². The molecule has 0 bridgehead atoms. The topological polar surface area (TPSA) is 41.9 Å². The third-order valence-corrected chi connectivity index (χ3v) is 3.85. The van der Waals surface area contributed by atoms with E-state index in [1.807, 2.05) is 0 Å². The summed E-state index contributed by atoms with van der Waals surface area (Å²) < 4.78 is 10.8. The largest absolute Gasteiger partial charge is 0.379 e. The number of rotatable bonds is 5. The second-order valence-electron chi connectivity index (χ2n) is 5.11. The van der Waals surface area contributed by atoms with Gasteiger partial charge in [0.05, 0.1) is 19.8 Å². The molecular weight excluding hydrogens is 218 g/mol. The second-order valence-corrected chi connectivity index (χ2v) is 5.11. The van der Waals surface area contributed by atoms with Gasteiger partial charge in [-0.2, -0.15) is 0 Å². The average molecular weight is 243 g/mol. The maximum atomic E-state index is 9.94. The van der Waals surface area contributed by atoms with Crippen LogP contribution in [0.25, 0.3) is 0 Å². The molecule has 0 spiro atoms. The second kappa shape index (κ2) is 7.31. The predicted molar refractivity (Wildman–Crippen MR) is 65.8 cm³/mol. The van der Waals surface area contributed by atoms with Crippen LogP contribution >= 0.6 is 0 Å². The fraction of sp³-hybridized carbons (Fsp3) is 1.00. The molecule has 4 heteroatoms. The summed E-state index contributed by atoms with van der Waals surface area (Å²) in [5.41, 5.74) is 0. The van der Waals surface area contributed by atoms with E-state index < -0.39 is 6.29 Å². The molecule has 1 unspecified atom stereocenters. The first kappa shape index (κ1) is 13.3. The maximum Gasteiger partial charge on any atom is 0.157 e. The zero-order valence-electron chi connectivity index (χ0n) is 10.6. The van der Waals surface area contributed by atoms with Crippen LogP contribution in [0.5, 0.6) is 0 Å². The first-order valence-corrected chi connectivity index (χ1v) is 6.96. The van der Waals surface area contributed by atoms with Gasteiger partial charge in [0.15, 0.2) is 6.29 Å². The quantitative estimate of drug-likeness (QED) is 0.738. The molecule has 0 aromatic carbocycles. The van der Waals surface area contributed by atoms with Gasteiger partial charge in [0.25, 0.3) is 0 Å². The van der Waals surface area contributed by atoms with Crippen LogP contribution in [-0.2, 0) is 9.47 Å². The molecule has 17 heavy (non-hydrogen) atoms. The van der Waals surface area contributed by atoms with Gasteiger partial charge in [0.1, 0.15) is 0 Å². The van der Waals surface area contributed by atoms with Crippen LogP contribution in [0.2, 0.25) is 0 Å². The third-order valence-electron chi connectivity index (χ3n) is 3.85. The first-order valence-electron chi connectivity index (χ1n) is 6.96. The lowest BCUT2D eigenvalue weighted by atomic mass is 9.89. The summed E-state index contributed by atoms with van der Waals surface area (Å²) in [4.78, 5) is 2.33. The fourth-order valence-corrected chi connectivity index (χ4v) is 2.68. The van der Waals surface area contributed by atoms with E-state index in [2.05, 4.69) is 4.90 Å². The summed E-state index contributed by atoms with van der Waals surface area (Å²) in [5, 5.41) is 9.94. The van der Waals surface area contributed by atoms with Gasteiger partial charge in [0.2, 0.25) is 0 Å². The molecule has 1 atom stereocenters. The lowest BCUT2D eigenvalue weighted by Gasteiger charge is -2.29. The molecule has 1 aliphatic heterocycles. The Morgan fingerprint density at radius 1 is 1.18 bits per heavy atom. The van der Waals surface area contributed by atoms with Gasteiger partial charge in [-0.3, -0.25) is 4.90 Å². The minimum Gasteiger partial charge on any atom is -0.379 e. The summed E-state index contributed by atoms with van der Waals surface area (Å²) in [6, 6.07) is 0. The molecule has 100 valence electrons. The number of morpholine rings is 1. The Balaban J connectivity index is 1.57.